The zero-order valence-electron chi connectivity index (χ0n) is 6.96. The SMILES string of the molecule is C=C1C(=O)NC(OC)C(=O)N1C. The third-order valence-electron chi connectivity index (χ3n) is 1.72. The van der Waals surface area contributed by atoms with Crippen LogP contribution in [0, 0.1) is 0 Å². The van der Waals surface area contributed by atoms with Crippen LogP contribution < -0.4 is 5.32 Å². The molecule has 0 bridgehead atoms. The van der Waals surface area contributed by atoms with Crippen molar-refractivity contribution in [2.45, 2.75) is 6.23 Å². The molecule has 0 spiro atoms. The van der Waals surface area contributed by atoms with Gasteiger partial charge in [0, 0.05) is 14.2 Å². The molecule has 0 radical (unpaired) electrons. The van der Waals surface area contributed by atoms with Crippen LogP contribution in [0.5, 0.6) is 0 Å². The summed E-state index contributed by atoms with van der Waals surface area (Å²) < 4.78 is 4.73. The van der Waals surface area contributed by atoms with E-state index in [1.165, 1.54) is 19.1 Å². The van der Waals surface area contributed by atoms with Crippen molar-refractivity contribution >= 4 is 11.8 Å². The fourth-order valence-electron chi connectivity index (χ4n) is 0.885. The van der Waals surface area contributed by atoms with E-state index in [9.17, 15) is 9.59 Å². The Morgan fingerprint density at radius 2 is 2.17 bits per heavy atom. The molecule has 12 heavy (non-hydrogen) atoms. The lowest BCUT2D eigenvalue weighted by Crippen LogP contribution is -2.55. The molecular weight excluding hydrogens is 160 g/mol. The highest BCUT2D eigenvalue weighted by atomic mass is 16.5. The van der Waals surface area contributed by atoms with Gasteiger partial charge in [-0.05, 0) is 0 Å². The van der Waals surface area contributed by atoms with Gasteiger partial charge in [-0.1, -0.05) is 6.58 Å². The second-order valence-corrected chi connectivity index (χ2v) is 2.43. The largest absolute Gasteiger partial charge is 0.353 e. The zero-order valence-corrected chi connectivity index (χ0v) is 6.96. The van der Waals surface area contributed by atoms with E-state index in [1.807, 2.05) is 0 Å². The van der Waals surface area contributed by atoms with Crippen molar-refractivity contribution in [1.29, 1.82) is 0 Å². The number of piperazine rings is 1. The Morgan fingerprint density at radius 3 is 2.67 bits per heavy atom. The van der Waals surface area contributed by atoms with Gasteiger partial charge in [-0.2, -0.15) is 0 Å². The quantitative estimate of drug-likeness (QED) is 0.517. The van der Waals surface area contributed by atoms with E-state index >= 15 is 0 Å². The standard InChI is InChI=1S/C7H10N2O3/c1-4-5(10)8-6(12-3)7(11)9(4)2/h6H,1H2,2-3H3,(H,8,10). The maximum atomic E-state index is 11.2. The predicted octanol–water partition coefficient (Wildman–Crippen LogP) is -0.939. The summed E-state index contributed by atoms with van der Waals surface area (Å²) in [5.41, 5.74) is 0.133. The van der Waals surface area contributed by atoms with Crippen LogP contribution in [0.15, 0.2) is 12.3 Å². The minimum Gasteiger partial charge on any atom is -0.353 e. The smallest absolute Gasteiger partial charge is 0.276 e. The van der Waals surface area contributed by atoms with E-state index in [4.69, 9.17) is 4.74 Å². The number of carbonyl (C=O) groups excluding carboxylic acids is 2. The molecule has 1 atom stereocenters. The first-order chi connectivity index (χ1) is 5.57. The highest BCUT2D eigenvalue weighted by Gasteiger charge is 2.33. The van der Waals surface area contributed by atoms with E-state index in [1.54, 1.807) is 0 Å². The van der Waals surface area contributed by atoms with Crippen molar-refractivity contribution in [3.63, 3.8) is 0 Å². The summed E-state index contributed by atoms with van der Waals surface area (Å²) in [6, 6.07) is 0. The lowest BCUT2D eigenvalue weighted by Gasteiger charge is -2.29. The first-order valence-corrected chi connectivity index (χ1v) is 3.38. The molecule has 2 amide bonds. The third-order valence-corrected chi connectivity index (χ3v) is 1.72. The maximum Gasteiger partial charge on any atom is 0.276 e. The molecule has 1 fully saturated rings. The summed E-state index contributed by atoms with van der Waals surface area (Å²) in [7, 11) is 2.83. The monoisotopic (exact) mass is 170 g/mol. The molecule has 1 heterocycles. The number of ether oxygens (including phenoxy) is 1. The molecule has 1 N–H and O–H groups in total. The molecular formula is C7H10N2O3. The second kappa shape index (κ2) is 2.94. The van der Waals surface area contributed by atoms with Crippen LogP contribution in [-0.4, -0.2) is 37.1 Å². The van der Waals surface area contributed by atoms with E-state index in [0.29, 0.717) is 0 Å². The summed E-state index contributed by atoms with van der Waals surface area (Å²) in [5, 5.41) is 2.34. The number of hydrogen-bond acceptors (Lipinski definition) is 3. The molecule has 1 unspecified atom stereocenters. The van der Waals surface area contributed by atoms with E-state index in [-0.39, 0.29) is 17.5 Å². The van der Waals surface area contributed by atoms with Crippen LogP contribution in [0.25, 0.3) is 0 Å². The van der Waals surface area contributed by atoms with Gasteiger partial charge in [0.25, 0.3) is 11.8 Å². The van der Waals surface area contributed by atoms with Gasteiger partial charge in [-0.3, -0.25) is 9.59 Å². The molecule has 0 aromatic rings. The summed E-state index contributed by atoms with van der Waals surface area (Å²) in [5.74, 6) is -0.703. The molecule has 5 heteroatoms. The van der Waals surface area contributed by atoms with Crippen LogP contribution in [-0.2, 0) is 14.3 Å². The summed E-state index contributed by atoms with van der Waals surface area (Å²) in [6.07, 6.45) is -0.881. The molecule has 1 rings (SSSR count). The van der Waals surface area contributed by atoms with Crippen LogP contribution in [0.3, 0.4) is 0 Å². The predicted molar refractivity (Wildman–Crippen MR) is 40.8 cm³/mol. The lowest BCUT2D eigenvalue weighted by molar-refractivity contribution is -0.150. The van der Waals surface area contributed by atoms with E-state index < -0.39 is 6.23 Å². The minimum absolute atomic E-state index is 0.133. The average molecular weight is 170 g/mol. The fraction of sp³-hybridized carbons (Fsp3) is 0.429. The van der Waals surface area contributed by atoms with Crippen molar-refractivity contribution in [1.82, 2.24) is 10.2 Å². The molecule has 1 aliphatic heterocycles. The van der Waals surface area contributed by atoms with Gasteiger partial charge in [-0.15, -0.1) is 0 Å². The highest BCUT2D eigenvalue weighted by molar-refractivity contribution is 6.03. The van der Waals surface area contributed by atoms with Crippen molar-refractivity contribution in [3.05, 3.63) is 12.3 Å². The number of rotatable bonds is 1. The molecule has 66 valence electrons. The zero-order chi connectivity index (χ0) is 9.30. The summed E-state index contributed by atoms with van der Waals surface area (Å²) in [6.45, 7) is 3.43. The van der Waals surface area contributed by atoms with Crippen molar-refractivity contribution in [2.75, 3.05) is 14.2 Å². The van der Waals surface area contributed by atoms with E-state index in [2.05, 4.69) is 11.9 Å². The summed E-state index contributed by atoms with van der Waals surface area (Å²) >= 11 is 0. The van der Waals surface area contributed by atoms with E-state index in [0.717, 1.165) is 0 Å². The van der Waals surface area contributed by atoms with Gasteiger partial charge in [0.1, 0.15) is 5.70 Å². The van der Waals surface area contributed by atoms with Crippen molar-refractivity contribution in [2.24, 2.45) is 0 Å². The Morgan fingerprint density at radius 1 is 1.58 bits per heavy atom. The highest BCUT2D eigenvalue weighted by Crippen LogP contribution is 2.08. The Labute approximate surface area is 70.0 Å². The number of nitrogens with zero attached hydrogens (tertiary/aromatic N) is 1. The van der Waals surface area contributed by atoms with Crippen LogP contribution >= 0.6 is 0 Å². The molecule has 5 nitrogen and oxygen atoms in total. The number of likely N-dealkylation sites (N-methyl/N-ethyl adjacent to an activating group) is 1. The molecule has 0 aliphatic carbocycles. The van der Waals surface area contributed by atoms with Crippen LogP contribution in [0.1, 0.15) is 0 Å². The minimum atomic E-state index is -0.881. The number of nitrogens with one attached hydrogen (secondary N) is 1. The molecule has 1 saturated heterocycles. The van der Waals surface area contributed by atoms with Crippen LogP contribution in [0.4, 0.5) is 0 Å². The lowest BCUT2D eigenvalue weighted by atomic mass is 10.3. The molecule has 1 aliphatic rings. The fourth-order valence-corrected chi connectivity index (χ4v) is 0.885. The normalized spacial score (nSPS) is 24.3. The number of hydrogen-bond donors (Lipinski definition) is 1. The first kappa shape index (κ1) is 8.73. The Hall–Kier alpha value is -1.36. The molecule has 0 aromatic heterocycles. The number of carbonyl (C=O) groups is 2. The summed E-state index contributed by atoms with van der Waals surface area (Å²) in [4.78, 5) is 23.4. The average Bonchev–Trinajstić information content (AvgIpc) is 2.08. The molecule has 0 saturated carbocycles. The van der Waals surface area contributed by atoms with Gasteiger partial charge in [-0.25, -0.2) is 0 Å². The Bertz CT molecular complexity index is 249. The number of methoxy groups -OCH3 is 1. The second-order valence-electron chi connectivity index (χ2n) is 2.43. The van der Waals surface area contributed by atoms with Gasteiger partial charge in [0.15, 0.2) is 0 Å². The molecule has 0 aromatic carbocycles. The van der Waals surface area contributed by atoms with Gasteiger partial charge >= 0.3 is 0 Å². The van der Waals surface area contributed by atoms with Crippen molar-refractivity contribution < 1.29 is 14.3 Å². The van der Waals surface area contributed by atoms with Gasteiger partial charge in [0.05, 0.1) is 0 Å². The van der Waals surface area contributed by atoms with Crippen molar-refractivity contribution in [3.8, 4) is 0 Å². The number of amides is 2. The topological polar surface area (TPSA) is 58.6 Å². The Balaban J connectivity index is 2.84. The van der Waals surface area contributed by atoms with Gasteiger partial charge in [0.2, 0.25) is 6.23 Å². The third kappa shape index (κ3) is 1.18. The van der Waals surface area contributed by atoms with Gasteiger partial charge < -0.3 is 15.0 Å². The Kier molecular flexibility index (Phi) is 2.14. The first-order valence-electron chi connectivity index (χ1n) is 3.38. The maximum absolute atomic E-state index is 11.2. The van der Waals surface area contributed by atoms with Crippen LogP contribution in [0.2, 0.25) is 0 Å².